The van der Waals surface area contributed by atoms with Crippen LogP contribution in [-0.2, 0) is 11.2 Å². The molecule has 0 saturated carbocycles. The Kier molecular flexibility index (Phi) is 2.25. The second-order valence-electron chi connectivity index (χ2n) is 2.91. The number of halogens is 1. The number of hydrogen-bond donors (Lipinski definition) is 1. The first-order valence-corrected chi connectivity index (χ1v) is 4.87. The van der Waals surface area contributed by atoms with Gasteiger partial charge in [-0.1, -0.05) is 0 Å². The number of aromatic nitrogens is 2. The van der Waals surface area contributed by atoms with Gasteiger partial charge in [0, 0.05) is 11.9 Å². The topological polar surface area (TPSA) is 60.4 Å². The number of carbonyl (C=O) groups is 1. The van der Waals surface area contributed by atoms with Crippen molar-refractivity contribution < 1.29 is 4.79 Å². The predicted octanol–water partition coefficient (Wildman–Crippen LogP) is 1.42. The number of imidazole rings is 1. The lowest BCUT2D eigenvalue weighted by Gasteiger charge is -1.98. The molecule has 0 saturated heterocycles. The smallest absolute Gasteiger partial charge is 0.132 e. The van der Waals surface area contributed by atoms with Crippen LogP contribution < -0.4 is 5.73 Å². The second kappa shape index (κ2) is 3.42. The molecule has 0 fully saturated rings. The predicted molar refractivity (Wildman–Crippen MR) is 57.1 cm³/mol. The molecule has 0 radical (unpaired) electrons. The fourth-order valence-electron chi connectivity index (χ4n) is 1.34. The summed E-state index contributed by atoms with van der Waals surface area (Å²) in [7, 11) is 0. The van der Waals surface area contributed by atoms with Crippen molar-refractivity contribution in [1.29, 1.82) is 0 Å². The molecule has 2 rings (SSSR count). The summed E-state index contributed by atoms with van der Waals surface area (Å²) in [5.41, 5.74) is 7.21. The molecule has 5 heteroatoms. The second-order valence-corrected chi connectivity index (χ2v) is 3.66. The number of anilines is 1. The molecule has 2 N–H and O–H groups in total. The molecule has 2 heterocycles. The van der Waals surface area contributed by atoms with Crippen LogP contribution >= 0.6 is 15.9 Å². The molecule has 0 spiro atoms. The van der Waals surface area contributed by atoms with Crippen molar-refractivity contribution in [2.75, 3.05) is 5.73 Å². The molecule has 0 aliphatic heterocycles. The minimum atomic E-state index is 0.288. The largest absolute Gasteiger partial charge is 0.398 e. The maximum absolute atomic E-state index is 10.4. The highest BCUT2D eigenvalue weighted by molar-refractivity contribution is 9.10. The molecule has 0 aliphatic rings. The highest BCUT2D eigenvalue weighted by Crippen LogP contribution is 2.20. The quantitative estimate of drug-likeness (QED) is 0.824. The van der Waals surface area contributed by atoms with Crippen LogP contribution in [0.15, 0.2) is 22.9 Å². The van der Waals surface area contributed by atoms with Crippen molar-refractivity contribution >= 4 is 33.4 Å². The van der Waals surface area contributed by atoms with Gasteiger partial charge in [-0.25, -0.2) is 4.98 Å². The van der Waals surface area contributed by atoms with Crippen molar-refractivity contribution in [1.82, 2.24) is 9.38 Å². The number of aldehydes is 1. The van der Waals surface area contributed by atoms with E-state index in [1.54, 1.807) is 12.3 Å². The summed E-state index contributed by atoms with van der Waals surface area (Å²) < 4.78 is 2.54. The molecule has 0 amide bonds. The molecular weight excluding hydrogens is 246 g/mol. The summed E-state index contributed by atoms with van der Waals surface area (Å²) in [6, 6.07) is 3.66. The average molecular weight is 254 g/mol. The van der Waals surface area contributed by atoms with Gasteiger partial charge in [-0.3, -0.25) is 0 Å². The number of carbonyl (C=O) groups excluding carboxylic acids is 1. The Bertz CT molecular complexity index is 492. The highest BCUT2D eigenvalue weighted by atomic mass is 79.9. The van der Waals surface area contributed by atoms with E-state index in [9.17, 15) is 4.79 Å². The molecule has 0 unspecified atom stereocenters. The lowest BCUT2D eigenvalue weighted by Crippen LogP contribution is -1.97. The van der Waals surface area contributed by atoms with Gasteiger partial charge in [0.2, 0.25) is 0 Å². The molecule has 0 atom stereocenters. The average Bonchev–Trinajstić information content (AvgIpc) is 2.44. The van der Waals surface area contributed by atoms with E-state index in [4.69, 9.17) is 5.73 Å². The number of nitrogen functional groups attached to an aromatic ring is 1. The summed E-state index contributed by atoms with van der Waals surface area (Å²) >= 11 is 3.32. The number of hydrogen-bond acceptors (Lipinski definition) is 3. The third kappa shape index (κ3) is 1.39. The van der Waals surface area contributed by atoms with Crippen LogP contribution in [0.4, 0.5) is 5.69 Å². The Morgan fingerprint density at radius 2 is 2.36 bits per heavy atom. The fraction of sp³-hybridized carbons (Fsp3) is 0.111. The molecule has 0 aromatic carbocycles. The maximum atomic E-state index is 10.4. The van der Waals surface area contributed by atoms with Crippen molar-refractivity contribution in [3.8, 4) is 0 Å². The first-order valence-electron chi connectivity index (χ1n) is 4.08. The molecule has 0 aliphatic carbocycles. The first kappa shape index (κ1) is 9.21. The number of rotatable bonds is 2. The molecule has 2 aromatic heterocycles. The lowest BCUT2D eigenvalue weighted by atomic mass is 10.4. The van der Waals surface area contributed by atoms with Crippen LogP contribution in [0.25, 0.3) is 5.52 Å². The van der Waals surface area contributed by atoms with E-state index in [1.807, 2.05) is 10.5 Å². The van der Waals surface area contributed by atoms with Gasteiger partial charge in [-0.2, -0.15) is 0 Å². The van der Waals surface area contributed by atoms with Crippen molar-refractivity contribution in [3.05, 3.63) is 28.8 Å². The molecule has 2 aromatic rings. The van der Waals surface area contributed by atoms with Gasteiger partial charge >= 0.3 is 0 Å². The fourth-order valence-corrected chi connectivity index (χ4v) is 1.87. The summed E-state index contributed by atoms with van der Waals surface area (Å²) in [6.07, 6.45) is 2.87. The number of pyridine rings is 1. The SMILES string of the molecule is Nc1ccc2c(Br)nc(CC=O)n2c1. The minimum absolute atomic E-state index is 0.288. The number of nitrogens with zero attached hydrogens (tertiary/aromatic N) is 2. The molecule has 0 bridgehead atoms. The van der Waals surface area contributed by atoms with Gasteiger partial charge in [0.1, 0.15) is 16.7 Å². The molecular formula is C9H8BrN3O. The van der Waals surface area contributed by atoms with Gasteiger partial charge in [0.15, 0.2) is 0 Å². The zero-order valence-corrected chi connectivity index (χ0v) is 8.86. The third-order valence-electron chi connectivity index (χ3n) is 1.95. The van der Waals surface area contributed by atoms with Crippen molar-refractivity contribution in [2.24, 2.45) is 0 Å². The van der Waals surface area contributed by atoms with Crippen LogP contribution in [0.3, 0.4) is 0 Å². The van der Waals surface area contributed by atoms with Crippen LogP contribution in [0.1, 0.15) is 5.82 Å². The molecule has 14 heavy (non-hydrogen) atoms. The Labute approximate surface area is 88.9 Å². The van der Waals surface area contributed by atoms with Crippen molar-refractivity contribution in [3.63, 3.8) is 0 Å². The standard InChI is InChI=1S/C9H8BrN3O/c10-9-7-2-1-6(11)5-13(7)8(12-9)3-4-14/h1-2,4-5H,3,11H2. The minimum Gasteiger partial charge on any atom is -0.398 e. The van der Waals surface area contributed by atoms with Crippen molar-refractivity contribution in [2.45, 2.75) is 6.42 Å². The maximum Gasteiger partial charge on any atom is 0.132 e. The molecule has 72 valence electrons. The Morgan fingerprint density at radius 1 is 1.57 bits per heavy atom. The van der Waals surface area contributed by atoms with Crippen LogP contribution in [0.2, 0.25) is 0 Å². The van der Waals surface area contributed by atoms with E-state index in [0.29, 0.717) is 11.5 Å². The summed E-state index contributed by atoms with van der Waals surface area (Å²) in [5.74, 6) is 0.689. The molecule has 4 nitrogen and oxygen atoms in total. The van der Waals surface area contributed by atoms with E-state index < -0.39 is 0 Å². The van der Waals surface area contributed by atoms with Gasteiger partial charge in [0.25, 0.3) is 0 Å². The Balaban J connectivity index is 2.72. The highest BCUT2D eigenvalue weighted by Gasteiger charge is 2.07. The summed E-state index contributed by atoms with van der Waals surface area (Å²) in [6.45, 7) is 0. The van der Waals surface area contributed by atoms with E-state index in [-0.39, 0.29) is 6.42 Å². The zero-order valence-electron chi connectivity index (χ0n) is 7.27. The number of nitrogens with two attached hydrogens (primary N) is 1. The van der Waals surface area contributed by atoms with Crippen LogP contribution in [0.5, 0.6) is 0 Å². The Morgan fingerprint density at radius 3 is 3.07 bits per heavy atom. The van der Waals surface area contributed by atoms with Gasteiger partial charge in [0.05, 0.1) is 11.9 Å². The van der Waals surface area contributed by atoms with E-state index in [1.165, 1.54) is 0 Å². The van der Waals surface area contributed by atoms with E-state index in [0.717, 1.165) is 16.4 Å². The van der Waals surface area contributed by atoms with Gasteiger partial charge in [-0.15, -0.1) is 0 Å². The zero-order chi connectivity index (χ0) is 10.1. The monoisotopic (exact) mass is 253 g/mol. The van der Waals surface area contributed by atoms with E-state index >= 15 is 0 Å². The van der Waals surface area contributed by atoms with Crippen LogP contribution in [0, 0.1) is 0 Å². The lowest BCUT2D eigenvalue weighted by molar-refractivity contribution is -0.107. The van der Waals surface area contributed by atoms with Gasteiger partial charge in [-0.05, 0) is 28.1 Å². The van der Waals surface area contributed by atoms with E-state index in [2.05, 4.69) is 20.9 Å². The summed E-state index contributed by atoms with van der Waals surface area (Å²) in [4.78, 5) is 14.6. The summed E-state index contributed by atoms with van der Waals surface area (Å²) in [5, 5.41) is 0. The third-order valence-corrected chi connectivity index (χ3v) is 2.54. The normalized spacial score (nSPS) is 10.6. The Hall–Kier alpha value is -1.36. The van der Waals surface area contributed by atoms with Gasteiger partial charge < -0.3 is 14.9 Å². The number of fused-ring (bicyclic) bond motifs is 1. The van der Waals surface area contributed by atoms with Crippen LogP contribution in [-0.4, -0.2) is 15.7 Å². The first-order chi connectivity index (χ1) is 6.72.